The smallest absolute Gasteiger partial charge is 0.251 e. The average molecular weight is 344 g/mol. The number of amides is 1. The fraction of sp³-hybridized carbons (Fsp3) is 0.368. The summed E-state index contributed by atoms with van der Waals surface area (Å²) in [6.45, 7) is 7.93. The molecule has 1 amide bonds. The predicted octanol–water partition coefficient (Wildman–Crippen LogP) is 3.72. The number of carbonyl (C=O) groups is 1. The molecule has 0 aliphatic heterocycles. The highest BCUT2D eigenvalue weighted by molar-refractivity contribution is 7.85. The van der Waals surface area contributed by atoms with Gasteiger partial charge in [0.2, 0.25) is 0 Å². The fourth-order valence-corrected chi connectivity index (χ4v) is 3.33. The second-order valence-corrected chi connectivity index (χ2v) is 8.33. The van der Waals surface area contributed by atoms with Gasteiger partial charge in [-0.3, -0.25) is 14.0 Å². The summed E-state index contributed by atoms with van der Waals surface area (Å²) in [5, 5.41) is 3.10. The van der Waals surface area contributed by atoms with E-state index in [1.807, 2.05) is 32.0 Å². The first kappa shape index (κ1) is 18.3. The number of carbonyl (C=O) groups excluding carboxylic acids is 1. The molecule has 4 nitrogen and oxygen atoms in total. The van der Waals surface area contributed by atoms with Crippen LogP contribution >= 0.6 is 0 Å². The van der Waals surface area contributed by atoms with Gasteiger partial charge in [-0.25, -0.2) is 0 Å². The summed E-state index contributed by atoms with van der Waals surface area (Å²) >= 11 is 0. The molecule has 0 fully saturated rings. The zero-order valence-electron chi connectivity index (χ0n) is 14.5. The minimum absolute atomic E-state index is 0.0548. The maximum atomic E-state index is 12.5. The van der Waals surface area contributed by atoms with Crippen LogP contribution in [0, 0.1) is 5.92 Å². The maximum Gasteiger partial charge on any atom is 0.251 e. The molecule has 2 rings (SSSR count). The van der Waals surface area contributed by atoms with Crippen LogP contribution in [-0.4, -0.2) is 20.3 Å². The Kier molecular flexibility index (Phi) is 6.26. The third-order valence-corrected chi connectivity index (χ3v) is 5.33. The van der Waals surface area contributed by atoms with Crippen LogP contribution < -0.4 is 5.32 Å². The number of benzene rings is 1. The van der Waals surface area contributed by atoms with E-state index in [2.05, 4.69) is 24.1 Å². The number of hydrogen-bond donors (Lipinski definition) is 1. The molecule has 0 unspecified atom stereocenters. The van der Waals surface area contributed by atoms with Gasteiger partial charge in [-0.05, 0) is 42.3 Å². The van der Waals surface area contributed by atoms with Crippen LogP contribution in [0.25, 0.3) is 0 Å². The minimum atomic E-state index is -1.05. The van der Waals surface area contributed by atoms with E-state index in [4.69, 9.17) is 0 Å². The molecule has 2 atom stereocenters. The molecule has 1 aromatic carbocycles. The molecule has 24 heavy (non-hydrogen) atoms. The number of aromatic nitrogens is 1. The van der Waals surface area contributed by atoms with Crippen molar-refractivity contribution in [1.82, 2.24) is 10.3 Å². The molecule has 2 aromatic rings. The molecule has 5 heteroatoms. The Morgan fingerprint density at radius 2 is 1.71 bits per heavy atom. The van der Waals surface area contributed by atoms with Crippen LogP contribution in [0.5, 0.6) is 0 Å². The van der Waals surface area contributed by atoms with Crippen molar-refractivity contribution in [2.45, 2.75) is 43.9 Å². The summed E-state index contributed by atoms with van der Waals surface area (Å²) in [4.78, 5) is 17.6. The quantitative estimate of drug-likeness (QED) is 0.869. The molecule has 1 N–H and O–H groups in total. The minimum Gasteiger partial charge on any atom is -0.343 e. The van der Waals surface area contributed by atoms with Crippen molar-refractivity contribution >= 4 is 16.7 Å². The lowest BCUT2D eigenvalue weighted by Crippen LogP contribution is -2.32. The van der Waals surface area contributed by atoms with E-state index >= 15 is 0 Å². The number of pyridine rings is 1. The van der Waals surface area contributed by atoms with E-state index in [1.54, 1.807) is 30.5 Å². The molecule has 128 valence electrons. The molecule has 1 aromatic heterocycles. The lowest BCUT2D eigenvalue weighted by Gasteiger charge is -2.22. The predicted molar refractivity (Wildman–Crippen MR) is 97.3 cm³/mol. The first-order valence-corrected chi connectivity index (χ1v) is 9.34. The van der Waals surface area contributed by atoms with Crippen molar-refractivity contribution in [1.29, 1.82) is 0 Å². The van der Waals surface area contributed by atoms with Gasteiger partial charge in [0.25, 0.3) is 5.91 Å². The second-order valence-electron chi connectivity index (χ2n) is 6.32. The molecular weight excluding hydrogens is 320 g/mol. The SMILES string of the molecule is CC(C)[C@@H](NC(=O)c1ccc([S@@](=O)C(C)C)cc1)c1ccccn1. The van der Waals surface area contributed by atoms with E-state index in [-0.39, 0.29) is 23.1 Å². The third kappa shape index (κ3) is 4.51. The van der Waals surface area contributed by atoms with Gasteiger partial charge >= 0.3 is 0 Å². The Morgan fingerprint density at radius 3 is 2.21 bits per heavy atom. The highest BCUT2D eigenvalue weighted by Crippen LogP contribution is 2.20. The molecular formula is C19H24N2O2S. The lowest BCUT2D eigenvalue weighted by atomic mass is 10.00. The molecule has 0 saturated heterocycles. The first-order valence-electron chi connectivity index (χ1n) is 8.12. The monoisotopic (exact) mass is 344 g/mol. The van der Waals surface area contributed by atoms with E-state index in [1.165, 1.54) is 0 Å². The van der Waals surface area contributed by atoms with Gasteiger partial charge in [-0.15, -0.1) is 0 Å². The average Bonchev–Trinajstić information content (AvgIpc) is 2.59. The summed E-state index contributed by atoms with van der Waals surface area (Å²) in [6.07, 6.45) is 1.73. The zero-order valence-corrected chi connectivity index (χ0v) is 15.3. The Morgan fingerprint density at radius 1 is 1.04 bits per heavy atom. The van der Waals surface area contributed by atoms with Gasteiger partial charge in [-0.1, -0.05) is 33.8 Å². The Labute approximate surface area is 146 Å². The number of rotatable bonds is 6. The zero-order chi connectivity index (χ0) is 17.7. The van der Waals surface area contributed by atoms with Gasteiger partial charge in [-0.2, -0.15) is 0 Å². The van der Waals surface area contributed by atoms with Crippen molar-refractivity contribution in [3.05, 3.63) is 59.9 Å². The van der Waals surface area contributed by atoms with Gasteiger partial charge in [0.1, 0.15) is 0 Å². The van der Waals surface area contributed by atoms with Crippen molar-refractivity contribution < 1.29 is 9.00 Å². The molecule has 0 spiro atoms. The molecule has 1 heterocycles. The van der Waals surface area contributed by atoms with Crippen LogP contribution in [0.1, 0.15) is 49.8 Å². The Bertz CT molecular complexity index is 697. The number of hydrogen-bond acceptors (Lipinski definition) is 3. The number of nitrogens with one attached hydrogen (secondary N) is 1. The van der Waals surface area contributed by atoms with Crippen LogP contribution in [0.2, 0.25) is 0 Å². The highest BCUT2D eigenvalue weighted by Gasteiger charge is 2.20. The normalized spacial score (nSPS) is 13.8. The largest absolute Gasteiger partial charge is 0.343 e. The van der Waals surface area contributed by atoms with E-state index in [0.717, 1.165) is 10.6 Å². The van der Waals surface area contributed by atoms with E-state index in [0.29, 0.717) is 5.56 Å². The molecule has 0 saturated carbocycles. The van der Waals surface area contributed by atoms with Crippen LogP contribution in [0.3, 0.4) is 0 Å². The second kappa shape index (κ2) is 8.20. The number of nitrogens with zero attached hydrogens (tertiary/aromatic N) is 1. The van der Waals surface area contributed by atoms with Crippen molar-refractivity contribution in [2.75, 3.05) is 0 Å². The standard InChI is InChI=1S/C19H24N2O2S/c1-13(2)18(17-7-5-6-12-20-17)21-19(22)15-8-10-16(11-9-15)24(23)14(3)4/h5-14,18H,1-4H3,(H,21,22)/t18-,24+/m1/s1. The van der Waals surface area contributed by atoms with Crippen molar-refractivity contribution in [3.63, 3.8) is 0 Å². The molecule has 0 bridgehead atoms. The summed E-state index contributed by atoms with van der Waals surface area (Å²) in [5.41, 5.74) is 1.40. The molecule has 0 radical (unpaired) electrons. The lowest BCUT2D eigenvalue weighted by molar-refractivity contribution is 0.0924. The maximum absolute atomic E-state index is 12.5. The van der Waals surface area contributed by atoms with Crippen LogP contribution in [-0.2, 0) is 10.8 Å². The molecule has 0 aliphatic rings. The van der Waals surface area contributed by atoms with Gasteiger partial charge in [0.05, 0.1) is 22.5 Å². The van der Waals surface area contributed by atoms with E-state index in [9.17, 15) is 9.00 Å². The summed E-state index contributed by atoms with van der Waals surface area (Å²) in [5.74, 6) is 0.0674. The Balaban J connectivity index is 2.14. The summed E-state index contributed by atoms with van der Waals surface area (Å²) < 4.78 is 12.1. The highest BCUT2D eigenvalue weighted by atomic mass is 32.2. The van der Waals surface area contributed by atoms with Gasteiger partial charge in [0.15, 0.2) is 0 Å². The van der Waals surface area contributed by atoms with Crippen molar-refractivity contribution in [3.8, 4) is 0 Å². The third-order valence-electron chi connectivity index (χ3n) is 3.74. The van der Waals surface area contributed by atoms with Gasteiger partial charge in [0, 0.05) is 21.9 Å². The first-order chi connectivity index (χ1) is 11.4. The van der Waals surface area contributed by atoms with Crippen molar-refractivity contribution in [2.24, 2.45) is 5.92 Å². The van der Waals surface area contributed by atoms with Crippen LogP contribution in [0.15, 0.2) is 53.6 Å². The molecule has 0 aliphatic carbocycles. The van der Waals surface area contributed by atoms with Crippen LogP contribution in [0.4, 0.5) is 0 Å². The fourth-order valence-electron chi connectivity index (χ4n) is 2.38. The topological polar surface area (TPSA) is 59.1 Å². The van der Waals surface area contributed by atoms with Gasteiger partial charge < -0.3 is 5.32 Å². The Hall–Kier alpha value is -2.01. The summed E-state index contributed by atoms with van der Waals surface area (Å²) in [6, 6.07) is 12.5. The van der Waals surface area contributed by atoms with E-state index < -0.39 is 10.8 Å². The summed E-state index contributed by atoms with van der Waals surface area (Å²) in [7, 11) is -1.05.